The molecule has 246 valence electrons. The molecule has 0 fully saturated rings. The Balaban J connectivity index is 1.32. The maximum atomic E-state index is 13.6. The maximum absolute atomic E-state index is 13.6. The molecule has 0 radical (unpaired) electrons. The number of phenols is 1. The molecule has 11 heteroatoms. The van der Waals surface area contributed by atoms with Crippen LogP contribution in [-0.4, -0.2) is 44.6 Å². The number of carboxylic acids is 1. The maximum Gasteiger partial charge on any atom is 0.313 e. The fourth-order valence-electron chi connectivity index (χ4n) is 5.11. The van der Waals surface area contributed by atoms with E-state index in [-0.39, 0.29) is 17.1 Å². The predicted molar refractivity (Wildman–Crippen MR) is 189 cm³/mol. The highest BCUT2D eigenvalue weighted by Gasteiger charge is 2.20. The zero-order valence-corrected chi connectivity index (χ0v) is 28.8. The van der Waals surface area contributed by atoms with Crippen LogP contribution in [0.3, 0.4) is 0 Å². The number of aromatic hydroxyl groups is 1. The number of aromatic nitrogens is 2. The number of ether oxygens (including phenoxy) is 1. The van der Waals surface area contributed by atoms with Crippen LogP contribution in [0, 0.1) is 0 Å². The summed E-state index contributed by atoms with van der Waals surface area (Å²) in [7, 11) is 0. The van der Waals surface area contributed by atoms with Gasteiger partial charge in [-0.3, -0.25) is 9.59 Å². The van der Waals surface area contributed by atoms with Crippen molar-refractivity contribution in [1.82, 2.24) is 10.2 Å². The van der Waals surface area contributed by atoms with Crippen LogP contribution in [-0.2, 0) is 4.79 Å². The third-order valence-electron chi connectivity index (χ3n) is 7.52. The fourth-order valence-corrected chi connectivity index (χ4v) is 7.98. The van der Waals surface area contributed by atoms with Gasteiger partial charge in [0.05, 0.1) is 23.6 Å². The van der Waals surface area contributed by atoms with Crippen molar-refractivity contribution in [2.75, 3.05) is 17.7 Å². The Kier molecular flexibility index (Phi) is 15.0. The second kappa shape index (κ2) is 19.4. The minimum Gasteiger partial charge on any atom is -0.506 e. The van der Waals surface area contributed by atoms with Crippen LogP contribution in [0.5, 0.6) is 11.5 Å². The molecular weight excluding hydrogens is 639 g/mol. The first-order valence-electron chi connectivity index (χ1n) is 16.1. The van der Waals surface area contributed by atoms with Gasteiger partial charge in [-0.1, -0.05) is 149 Å². The van der Waals surface area contributed by atoms with Gasteiger partial charge in [0.25, 0.3) is 5.91 Å². The summed E-state index contributed by atoms with van der Waals surface area (Å²) < 4.78 is 7.22. The number of hydrogen-bond acceptors (Lipinski definition) is 9. The number of unbranched alkanes of at least 4 members (excludes halogenated alkanes) is 11. The van der Waals surface area contributed by atoms with Crippen LogP contribution in [0.4, 0.5) is 5.69 Å². The lowest BCUT2D eigenvalue weighted by Crippen LogP contribution is -2.13. The van der Waals surface area contributed by atoms with Gasteiger partial charge in [-0.2, -0.15) is 0 Å². The van der Waals surface area contributed by atoms with E-state index in [2.05, 4.69) is 22.4 Å². The third kappa shape index (κ3) is 11.2. The summed E-state index contributed by atoms with van der Waals surface area (Å²) in [5.74, 6) is -1.00. The number of para-hydroxylation sites is 2. The highest BCUT2D eigenvalue weighted by Crippen LogP contribution is 2.41. The first kappa shape index (κ1) is 35.6. The largest absolute Gasteiger partial charge is 0.506 e. The number of hydrogen-bond donors (Lipinski definition) is 3. The first-order valence-corrected chi connectivity index (χ1v) is 18.7. The number of amides is 1. The van der Waals surface area contributed by atoms with E-state index in [0.29, 0.717) is 32.1 Å². The molecule has 1 amide bonds. The van der Waals surface area contributed by atoms with Crippen molar-refractivity contribution in [3.63, 3.8) is 0 Å². The fraction of sp³-hybridized carbons (Fsp3) is 0.429. The second-order valence-corrected chi connectivity index (χ2v) is 14.6. The van der Waals surface area contributed by atoms with Gasteiger partial charge in [0.1, 0.15) is 11.5 Å². The van der Waals surface area contributed by atoms with Crippen LogP contribution in [0.1, 0.15) is 94.3 Å². The minimum atomic E-state index is -0.925. The molecule has 0 saturated carbocycles. The first-order chi connectivity index (χ1) is 22.5. The molecule has 0 unspecified atom stereocenters. The third-order valence-corrected chi connectivity index (χ3v) is 10.7. The Morgan fingerprint density at radius 3 is 2.13 bits per heavy atom. The number of thioether (sulfide) groups is 1. The highest BCUT2D eigenvalue weighted by atomic mass is 32.2. The Morgan fingerprint density at radius 1 is 0.826 bits per heavy atom. The predicted octanol–water partition coefficient (Wildman–Crippen LogP) is 10.1. The number of rotatable bonds is 21. The van der Waals surface area contributed by atoms with Gasteiger partial charge in [0.15, 0.2) is 8.68 Å². The smallest absolute Gasteiger partial charge is 0.313 e. The summed E-state index contributed by atoms with van der Waals surface area (Å²) >= 11 is 3.71. The number of carbonyl (C=O) groups is 2. The van der Waals surface area contributed by atoms with Crippen molar-refractivity contribution in [3.8, 4) is 11.5 Å². The molecule has 3 N–H and O–H groups in total. The van der Waals surface area contributed by atoms with Gasteiger partial charge in [0, 0.05) is 10.3 Å². The molecule has 4 aromatic rings. The number of aliphatic carboxylic acids is 1. The number of fused-ring (bicyclic) bond motifs is 1. The molecule has 0 aliphatic carbocycles. The van der Waals surface area contributed by atoms with E-state index < -0.39 is 11.9 Å². The summed E-state index contributed by atoms with van der Waals surface area (Å²) in [4.78, 5) is 25.2. The Labute approximate surface area is 283 Å². The van der Waals surface area contributed by atoms with E-state index >= 15 is 0 Å². The summed E-state index contributed by atoms with van der Waals surface area (Å²) in [6, 6.07) is 16.3. The Hall–Kier alpha value is -3.28. The quantitative estimate of drug-likeness (QED) is 0.0582. The monoisotopic (exact) mass is 681 g/mol. The molecule has 1 aromatic heterocycles. The van der Waals surface area contributed by atoms with Gasteiger partial charge >= 0.3 is 5.97 Å². The summed E-state index contributed by atoms with van der Waals surface area (Å²) in [5, 5.41) is 32.6. The number of nitrogens with zero attached hydrogens (tertiary/aromatic N) is 2. The zero-order valence-electron chi connectivity index (χ0n) is 26.3. The summed E-state index contributed by atoms with van der Waals surface area (Å²) in [6.45, 7) is 2.83. The van der Waals surface area contributed by atoms with Crippen molar-refractivity contribution >= 4 is 63.2 Å². The van der Waals surface area contributed by atoms with Gasteiger partial charge in [-0.25, -0.2) is 0 Å². The molecule has 8 nitrogen and oxygen atoms in total. The summed E-state index contributed by atoms with van der Waals surface area (Å²) in [6.07, 6.45) is 15.3. The van der Waals surface area contributed by atoms with Crippen LogP contribution in [0.25, 0.3) is 10.8 Å². The lowest BCUT2D eigenvalue weighted by molar-refractivity contribution is -0.133. The van der Waals surface area contributed by atoms with E-state index in [4.69, 9.17) is 9.84 Å². The van der Waals surface area contributed by atoms with Crippen molar-refractivity contribution in [2.24, 2.45) is 0 Å². The van der Waals surface area contributed by atoms with Gasteiger partial charge in [0.2, 0.25) is 0 Å². The van der Waals surface area contributed by atoms with Gasteiger partial charge < -0.3 is 20.3 Å². The number of phenolic OH excluding ortho intramolecular Hbond substituents is 1. The average molecular weight is 682 g/mol. The molecule has 0 bridgehead atoms. The van der Waals surface area contributed by atoms with Crippen molar-refractivity contribution in [3.05, 3.63) is 60.2 Å². The van der Waals surface area contributed by atoms with Crippen LogP contribution >= 0.6 is 34.9 Å². The lowest BCUT2D eigenvalue weighted by Gasteiger charge is -2.15. The van der Waals surface area contributed by atoms with Crippen LogP contribution < -0.4 is 10.1 Å². The number of carbonyl (C=O) groups excluding carboxylic acids is 1. The summed E-state index contributed by atoms with van der Waals surface area (Å²) in [5.41, 5.74) is 0.666. The molecule has 3 aromatic carbocycles. The molecule has 0 atom stereocenters. The minimum absolute atomic E-state index is 0.101. The number of anilines is 1. The van der Waals surface area contributed by atoms with Gasteiger partial charge in [-0.15, -0.1) is 10.2 Å². The Bertz CT molecular complexity index is 1560. The van der Waals surface area contributed by atoms with Crippen LogP contribution in [0.15, 0.2) is 68.2 Å². The molecule has 1 heterocycles. The lowest BCUT2D eigenvalue weighted by atomic mass is 10.0. The van der Waals surface area contributed by atoms with E-state index in [1.54, 1.807) is 18.2 Å². The SMILES string of the molecule is CCCCCCCCCCCCCCOc1ccccc1NC(=O)c1cc(Sc2nnc(SCC(=O)O)s2)c2ccccc2c1O. The van der Waals surface area contributed by atoms with Crippen molar-refractivity contribution in [1.29, 1.82) is 0 Å². The molecule has 46 heavy (non-hydrogen) atoms. The zero-order chi connectivity index (χ0) is 32.6. The molecule has 0 saturated heterocycles. The highest BCUT2D eigenvalue weighted by molar-refractivity contribution is 8.03. The average Bonchev–Trinajstić information content (AvgIpc) is 3.51. The number of carboxylic acid groups (broad SMARTS) is 1. The molecular formula is C35H43N3O5S3. The van der Waals surface area contributed by atoms with E-state index in [1.807, 2.05) is 36.4 Å². The molecule has 4 rings (SSSR count). The normalized spacial score (nSPS) is 11.2. The van der Waals surface area contributed by atoms with Gasteiger partial charge in [-0.05, 0) is 30.0 Å². The molecule has 0 aliphatic rings. The second-order valence-electron chi connectivity index (χ2n) is 11.1. The standard InChI is InChI=1S/C35H43N3O5S3/c1-2-3-4-5-6-7-8-9-10-11-12-17-22-43-29-21-16-15-20-28(29)36-33(42)27-23-30(25-18-13-14-19-26(25)32(27)41)45-35-38-37-34(46-35)44-24-31(39)40/h13-16,18-21,23,41H,2-12,17,22,24H2,1H3,(H,36,42)(H,39,40). The van der Waals surface area contributed by atoms with Crippen LogP contribution in [0.2, 0.25) is 0 Å². The van der Waals surface area contributed by atoms with Crippen molar-refractivity contribution < 1.29 is 24.5 Å². The topological polar surface area (TPSA) is 122 Å². The number of nitrogens with one attached hydrogen (secondary N) is 1. The molecule has 0 spiro atoms. The number of benzene rings is 3. The van der Waals surface area contributed by atoms with Crippen molar-refractivity contribution in [2.45, 2.75) is 97.5 Å². The molecule has 0 aliphatic heterocycles. The Morgan fingerprint density at radius 2 is 1.43 bits per heavy atom. The van der Waals surface area contributed by atoms with E-state index in [9.17, 15) is 14.7 Å². The van der Waals surface area contributed by atoms with E-state index in [1.165, 1.54) is 87.3 Å². The van der Waals surface area contributed by atoms with E-state index in [0.717, 1.165) is 34.9 Å².